The Morgan fingerprint density at radius 1 is 0.921 bits per heavy atom. The molecule has 0 fully saturated rings. The third-order valence-electron chi connectivity index (χ3n) is 6.23. The predicted molar refractivity (Wildman–Crippen MR) is 152 cm³/mol. The second-order valence-electron chi connectivity index (χ2n) is 11.6. The fraction of sp³-hybridized carbons (Fsp3) is 0.344. The molecule has 0 atom stereocenters. The summed E-state index contributed by atoms with van der Waals surface area (Å²) in [6, 6.07) is 18.1. The number of aromatic hydroxyl groups is 1. The van der Waals surface area contributed by atoms with Crippen LogP contribution in [0, 0.1) is 6.92 Å². The molecular weight excluding hydrogens is 476 g/mol. The van der Waals surface area contributed by atoms with Gasteiger partial charge in [0, 0.05) is 12.0 Å². The van der Waals surface area contributed by atoms with E-state index in [-0.39, 0.29) is 23.2 Å². The number of aryl methyl sites for hydroxylation is 2. The first-order valence-electron chi connectivity index (χ1n) is 12.8. The van der Waals surface area contributed by atoms with Crippen molar-refractivity contribution in [3.05, 3.63) is 94.0 Å². The summed E-state index contributed by atoms with van der Waals surface area (Å²) in [5.41, 5.74) is 6.90. The molecule has 0 saturated heterocycles. The standard InChI is InChI=1S/C32H38N2O4/c1-21-12-15-23(16-13-21)30(37)38-27-11-9-8-10-24(27)20-33-34-28(35)17-14-22-18-25(31(2,3)4)29(36)26(19-22)32(5,6)7/h8-13,15-16,18-20,36H,14,17H2,1-7H3,(H,34,35)/b33-20-. The number of hydrogen-bond donors (Lipinski definition) is 2. The van der Waals surface area contributed by atoms with E-state index in [0.717, 1.165) is 22.3 Å². The average Bonchev–Trinajstić information content (AvgIpc) is 2.83. The predicted octanol–water partition coefficient (Wildman–Crippen LogP) is 6.60. The SMILES string of the molecule is Cc1ccc(C(=O)Oc2ccccc2/C=N\NC(=O)CCc2cc(C(C)(C)C)c(O)c(C(C)(C)C)c2)cc1. The topological polar surface area (TPSA) is 88.0 Å². The van der Waals surface area contributed by atoms with Crippen molar-refractivity contribution in [2.45, 2.75) is 72.1 Å². The van der Waals surface area contributed by atoms with E-state index in [2.05, 4.69) is 52.1 Å². The minimum Gasteiger partial charge on any atom is -0.507 e. The lowest BCUT2D eigenvalue weighted by molar-refractivity contribution is -0.121. The summed E-state index contributed by atoms with van der Waals surface area (Å²) in [7, 11) is 0. The molecule has 6 nitrogen and oxygen atoms in total. The van der Waals surface area contributed by atoms with Crippen molar-refractivity contribution in [2.75, 3.05) is 0 Å². The number of rotatable bonds is 7. The van der Waals surface area contributed by atoms with Gasteiger partial charge in [-0.05, 0) is 65.1 Å². The highest BCUT2D eigenvalue weighted by Crippen LogP contribution is 2.40. The van der Waals surface area contributed by atoms with Crippen molar-refractivity contribution >= 4 is 18.1 Å². The fourth-order valence-corrected chi connectivity index (χ4v) is 4.00. The number of carbonyl (C=O) groups is 2. The van der Waals surface area contributed by atoms with Crippen LogP contribution in [0.25, 0.3) is 0 Å². The Hall–Kier alpha value is -3.93. The number of hydrazone groups is 1. The van der Waals surface area contributed by atoms with Gasteiger partial charge in [0.1, 0.15) is 11.5 Å². The van der Waals surface area contributed by atoms with Crippen LogP contribution in [0.1, 0.15) is 86.1 Å². The van der Waals surface area contributed by atoms with E-state index in [1.54, 1.807) is 36.4 Å². The van der Waals surface area contributed by atoms with Gasteiger partial charge in [0.15, 0.2) is 0 Å². The summed E-state index contributed by atoms with van der Waals surface area (Å²) in [5, 5.41) is 15.0. The van der Waals surface area contributed by atoms with Crippen molar-refractivity contribution in [3.63, 3.8) is 0 Å². The van der Waals surface area contributed by atoms with Gasteiger partial charge in [0.25, 0.3) is 0 Å². The molecule has 3 rings (SSSR count). The Balaban J connectivity index is 1.66. The number of phenolic OH excluding ortho intramolecular Hbond substituents is 1. The summed E-state index contributed by atoms with van der Waals surface area (Å²) in [4.78, 5) is 25.1. The number of benzene rings is 3. The molecule has 0 radical (unpaired) electrons. The summed E-state index contributed by atoms with van der Waals surface area (Å²) in [6.45, 7) is 14.3. The highest BCUT2D eigenvalue weighted by atomic mass is 16.5. The molecule has 1 amide bonds. The summed E-state index contributed by atoms with van der Waals surface area (Å²) in [5.74, 6) is -0.0276. The largest absolute Gasteiger partial charge is 0.507 e. The molecule has 0 aliphatic rings. The molecule has 0 aromatic heterocycles. The number of carbonyl (C=O) groups excluding carboxylic acids is 2. The minimum atomic E-state index is -0.465. The Morgan fingerprint density at radius 2 is 1.50 bits per heavy atom. The maximum Gasteiger partial charge on any atom is 0.343 e. The van der Waals surface area contributed by atoms with Crippen LogP contribution in [0.4, 0.5) is 0 Å². The molecule has 0 aliphatic carbocycles. The van der Waals surface area contributed by atoms with Crippen LogP contribution in [-0.4, -0.2) is 23.2 Å². The lowest BCUT2D eigenvalue weighted by Crippen LogP contribution is -2.20. The number of hydrogen-bond acceptors (Lipinski definition) is 5. The Bertz CT molecular complexity index is 1290. The van der Waals surface area contributed by atoms with Crippen molar-refractivity contribution in [2.24, 2.45) is 5.10 Å². The van der Waals surface area contributed by atoms with Crippen molar-refractivity contribution < 1.29 is 19.4 Å². The number of nitrogens with zero attached hydrogens (tertiary/aromatic N) is 1. The molecule has 2 N–H and O–H groups in total. The van der Waals surface area contributed by atoms with E-state index < -0.39 is 5.97 Å². The van der Waals surface area contributed by atoms with Crippen LogP contribution in [0.5, 0.6) is 11.5 Å². The third-order valence-corrected chi connectivity index (χ3v) is 6.23. The molecule has 0 saturated carbocycles. The van der Waals surface area contributed by atoms with Gasteiger partial charge in [-0.15, -0.1) is 0 Å². The summed E-state index contributed by atoms with van der Waals surface area (Å²) in [6.07, 6.45) is 2.21. The molecule has 38 heavy (non-hydrogen) atoms. The molecule has 3 aromatic rings. The Labute approximate surface area is 225 Å². The van der Waals surface area contributed by atoms with Gasteiger partial charge >= 0.3 is 5.97 Å². The van der Waals surface area contributed by atoms with Gasteiger partial charge in [0.05, 0.1) is 11.8 Å². The Kier molecular flexibility index (Phi) is 8.77. The lowest BCUT2D eigenvalue weighted by Gasteiger charge is -2.28. The fourth-order valence-electron chi connectivity index (χ4n) is 4.00. The Morgan fingerprint density at radius 3 is 2.08 bits per heavy atom. The van der Waals surface area contributed by atoms with Gasteiger partial charge in [-0.3, -0.25) is 4.79 Å². The average molecular weight is 515 g/mol. The molecule has 0 aliphatic heterocycles. The van der Waals surface area contributed by atoms with E-state index in [1.165, 1.54) is 6.21 Å². The summed E-state index contributed by atoms with van der Waals surface area (Å²) >= 11 is 0. The molecule has 200 valence electrons. The highest BCUT2D eigenvalue weighted by Gasteiger charge is 2.26. The third kappa shape index (κ3) is 7.54. The molecule has 0 spiro atoms. The zero-order valence-corrected chi connectivity index (χ0v) is 23.4. The number of amides is 1. The number of phenols is 1. The van der Waals surface area contributed by atoms with Gasteiger partial charge < -0.3 is 9.84 Å². The van der Waals surface area contributed by atoms with Gasteiger partial charge in [-0.25, -0.2) is 10.2 Å². The number of nitrogens with one attached hydrogen (secondary N) is 1. The maximum absolute atomic E-state index is 12.6. The molecule has 0 heterocycles. The van der Waals surface area contributed by atoms with Crippen molar-refractivity contribution in [1.29, 1.82) is 0 Å². The van der Waals surface area contributed by atoms with E-state index in [1.807, 2.05) is 31.2 Å². The van der Waals surface area contributed by atoms with Crippen LogP contribution >= 0.6 is 0 Å². The van der Waals surface area contributed by atoms with Crippen LogP contribution < -0.4 is 10.2 Å². The van der Waals surface area contributed by atoms with Crippen LogP contribution in [0.2, 0.25) is 0 Å². The molecule has 0 unspecified atom stereocenters. The molecule has 0 bridgehead atoms. The first-order chi connectivity index (χ1) is 17.8. The van der Waals surface area contributed by atoms with E-state index in [0.29, 0.717) is 29.0 Å². The second kappa shape index (κ2) is 11.6. The molecule has 3 aromatic carbocycles. The molecule has 6 heteroatoms. The first-order valence-corrected chi connectivity index (χ1v) is 12.8. The van der Waals surface area contributed by atoms with Crippen molar-refractivity contribution in [1.82, 2.24) is 5.43 Å². The zero-order chi connectivity index (χ0) is 28.1. The van der Waals surface area contributed by atoms with Gasteiger partial charge in [-0.1, -0.05) is 83.5 Å². The van der Waals surface area contributed by atoms with Gasteiger partial charge in [0.2, 0.25) is 5.91 Å². The quantitative estimate of drug-likeness (QED) is 0.161. The van der Waals surface area contributed by atoms with E-state index in [4.69, 9.17) is 4.74 Å². The minimum absolute atomic E-state index is 0.233. The lowest BCUT2D eigenvalue weighted by atomic mass is 9.78. The van der Waals surface area contributed by atoms with Crippen molar-refractivity contribution in [3.8, 4) is 11.5 Å². The smallest absolute Gasteiger partial charge is 0.343 e. The number of esters is 1. The van der Waals surface area contributed by atoms with E-state index >= 15 is 0 Å². The first kappa shape index (κ1) is 28.6. The van der Waals surface area contributed by atoms with Gasteiger partial charge in [-0.2, -0.15) is 5.10 Å². The number of para-hydroxylation sites is 1. The van der Waals surface area contributed by atoms with Crippen LogP contribution in [0.15, 0.2) is 65.8 Å². The summed E-state index contributed by atoms with van der Waals surface area (Å²) < 4.78 is 5.56. The monoisotopic (exact) mass is 514 g/mol. The maximum atomic E-state index is 12.6. The zero-order valence-electron chi connectivity index (χ0n) is 23.4. The second-order valence-corrected chi connectivity index (χ2v) is 11.6. The normalized spacial score (nSPS) is 12.0. The molecular formula is C32H38N2O4. The highest BCUT2D eigenvalue weighted by molar-refractivity contribution is 5.93. The van der Waals surface area contributed by atoms with Crippen LogP contribution in [-0.2, 0) is 22.0 Å². The van der Waals surface area contributed by atoms with E-state index in [9.17, 15) is 14.7 Å². The van der Waals surface area contributed by atoms with Crippen LogP contribution in [0.3, 0.4) is 0 Å². The number of ether oxygens (including phenoxy) is 1.